The average molecular weight is 478 g/mol. The van der Waals surface area contributed by atoms with Gasteiger partial charge in [-0.05, 0) is 62.2 Å². The van der Waals surface area contributed by atoms with Gasteiger partial charge in [-0.1, -0.05) is 32.3 Å². The lowest BCUT2D eigenvalue weighted by Crippen LogP contribution is -2.33. The first-order valence-corrected chi connectivity index (χ1v) is 12.6. The summed E-state index contributed by atoms with van der Waals surface area (Å²) in [5, 5.41) is 5.33. The van der Waals surface area contributed by atoms with Gasteiger partial charge in [0, 0.05) is 29.2 Å². The van der Waals surface area contributed by atoms with Gasteiger partial charge in [0.25, 0.3) is 5.91 Å². The Balaban J connectivity index is 1.39. The Morgan fingerprint density at radius 3 is 2.62 bits per heavy atom. The first-order valence-electron chi connectivity index (χ1n) is 11.7. The number of aromatic nitrogens is 1. The number of amides is 2. The van der Waals surface area contributed by atoms with Gasteiger partial charge in [-0.15, -0.1) is 11.3 Å². The number of ether oxygens (including phenoxy) is 1. The van der Waals surface area contributed by atoms with E-state index in [4.69, 9.17) is 4.74 Å². The average Bonchev–Trinajstić information content (AvgIpc) is 3.37. The predicted molar refractivity (Wildman–Crippen MR) is 138 cm³/mol. The third kappa shape index (κ3) is 4.85. The highest BCUT2D eigenvalue weighted by Gasteiger charge is 2.42. The van der Waals surface area contributed by atoms with E-state index in [2.05, 4.69) is 17.2 Å². The number of carbonyl (C=O) groups excluding carboxylic acids is 2. The molecule has 2 amide bonds. The van der Waals surface area contributed by atoms with Crippen LogP contribution in [0.25, 0.3) is 11.3 Å². The van der Waals surface area contributed by atoms with Gasteiger partial charge in [0.15, 0.2) is 5.13 Å². The molecule has 0 spiro atoms. The highest BCUT2D eigenvalue weighted by molar-refractivity contribution is 7.14. The highest BCUT2D eigenvalue weighted by atomic mass is 32.1. The van der Waals surface area contributed by atoms with Crippen molar-refractivity contribution in [3.63, 3.8) is 0 Å². The van der Waals surface area contributed by atoms with Gasteiger partial charge in [-0.3, -0.25) is 14.9 Å². The second-order valence-corrected chi connectivity index (χ2v) is 10.0. The van der Waals surface area contributed by atoms with Crippen LogP contribution in [0.5, 0.6) is 5.75 Å². The van der Waals surface area contributed by atoms with E-state index in [0.717, 1.165) is 34.7 Å². The van der Waals surface area contributed by atoms with Crippen LogP contribution in [-0.4, -0.2) is 30.5 Å². The van der Waals surface area contributed by atoms with Crippen LogP contribution in [0.4, 0.5) is 10.8 Å². The zero-order chi connectivity index (χ0) is 24.3. The van der Waals surface area contributed by atoms with E-state index in [1.165, 1.54) is 30.6 Å². The second-order valence-electron chi connectivity index (χ2n) is 9.15. The Morgan fingerprint density at radius 1 is 1.12 bits per heavy atom. The van der Waals surface area contributed by atoms with Crippen LogP contribution in [0.15, 0.2) is 47.8 Å². The summed E-state index contributed by atoms with van der Waals surface area (Å²) in [7, 11) is 1.80. The standard InChI is InChI=1S/C27H31N3O3S/c1-5-6-7-8-15-33-20-12-9-18(10-13-20)24(31)29-26-28-22(17-34-26)19-11-14-23-21(16-19)27(2,3)25(32)30(23)4/h9-14,16-17H,5-8,15H2,1-4H3,(H,28,29,31). The van der Waals surface area contributed by atoms with Crippen LogP contribution < -0.4 is 15.0 Å². The normalized spacial score (nSPS) is 14.2. The van der Waals surface area contributed by atoms with Crippen molar-refractivity contribution in [2.75, 3.05) is 23.9 Å². The molecule has 4 rings (SSSR count). The maximum absolute atomic E-state index is 12.7. The highest BCUT2D eigenvalue weighted by Crippen LogP contribution is 2.42. The number of rotatable bonds is 9. The number of hydrogen-bond donors (Lipinski definition) is 1. The van der Waals surface area contributed by atoms with Crippen LogP contribution in [0, 0.1) is 0 Å². The first-order chi connectivity index (χ1) is 16.3. The summed E-state index contributed by atoms with van der Waals surface area (Å²) in [5.41, 5.74) is 3.59. The number of nitrogens with one attached hydrogen (secondary N) is 1. The number of benzene rings is 2. The van der Waals surface area contributed by atoms with Crippen molar-refractivity contribution in [3.05, 3.63) is 59.0 Å². The SMILES string of the molecule is CCCCCCOc1ccc(C(=O)Nc2nc(-c3ccc4c(c3)C(C)(C)C(=O)N4C)cs2)cc1. The smallest absolute Gasteiger partial charge is 0.257 e. The maximum atomic E-state index is 12.7. The number of hydrogen-bond acceptors (Lipinski definition) is 5. The molecule has 7 heteroatoms. The fraction of sp³-hybridized carbons (Fsp3) is 0.370. The molecule has 1 aromatic heterocycles. The van der Waals surface area contributed by atoms with Gasteiger partial charge in [0.2, 0.25) is 5.91 Å². The fourth-order valence-electron chi connectivity index (χ4n) is 4.19. The van der Waals surface area contributed by atoms with E-state index in [1.807, 2.05) is 49.6 Å². The number of nitrogens with zero attached hydrogens (tertiary/aromatic N) is 2. The number of likely N-dealkylation sites (N-methyl/N-ethyl adjacent to an activating group) is 1. The van der Waals surface area contributed by atoms with Gasteiger partial charge in [0.05, 0.1) is 17.7 Å². The largest absolute Gasteiger partial charge is 0.494 e. The van der Waals surface area contributed by atoms with Crippen molar-refractivity contribution in [1.29, 1.82) is 0 Å². The maximum Gasteiger partial charge on any atom is 0.257 e. The molecule has 0 fully saturated rings. The van der Waals surface area contributed by atoms with Crippen LogP contribution in [-0.2, 0) is 10.2 Å². The third-order valence-corrected chi connectivity index (χ3v) is 7.03. The molecule has 178 valence electrons. The molecule has 0 unspecified atom stereocenters. The van der Waals surface area contributed by atoms with Crippen LogP contribution in [0.2, 0.25) is 0 Å². The van der Waals surface area contributed by atoms with Crippen molar-refractivity contribution < 1.29 is 14.3 Å². The molecule has 2 heterocycles. The minimum atomic E-state index is -0.571. The lowest BCUT2D eigenvalue weighted by molar-refractivity contribution is -0.121. The molecular weight excluding hydrogens is 446 g/mol. The Bertz CT molecular complexity index is 1180. The summed E-state index contributed by atoms with van der Waals surface area (Å²) in [5.74, 6) is 0.643. The number of anilines is 2. The quantitative estimate of drug-likeness (QED) is 0.368. The molecule has 1 aliphatic heterocycles. The van der Waals surface area contributed by atoms with Gasteiger partial charge in [0.1, 0.15) is 5.75 Å². The lowest BCUT2D eigenvalue weighted by Gasteiger charge is -2.16. The zero-order valence-electron chi connectivity index (χ0n) is 20.2. The van der Waals surface area contributed by atoms with E-state index < -0.39 is 5.41 Å². The molecular formula is C27H31N3O3S. The van der Waals surface area contributed by atoms with Crippen LogP contribution in [0.3, 0.4) is 0 Å². The molecule has 34 heavy (non-hydrogen) atoms. The molecule has 0 aliphatic carbocycles. The molecule has 0 radical (unpaired) electrons. The molecule has 0 atom stereocenters. The summed E-state index contributed by atoms with van der Waals surface area (Å²) in [6.45, 7) is 6.76. The Kier molecular flexibility index (Phi) is 7.03. The number of carbonyl (C=O) groups is 2. The summed E-state index contributed by atoms with van der Waals surface area (Å²) in [6.07, 6.45) is 4.64. The van der Waals surface area contributed by atoms with Gasteiger partial charge in [-0.2, -0.15) is 0 Å². The molecule has 0 saturated carbocycles. The number of unbranched alkanes of at least 4 members (excludes halogenated alkanes) is 3. The zero-order valence-corrected chi connectivity index (χ0v) is 21.0. The molecule has 3 aromatic rings. The monoisotopic (exact) mass is 477 g/mol. The summed E-state index contributed by atoms with van der Waals surface area (Å²) in [6, 6.07) is 13.1. The van der Waals surface area contributed by atoms with Crippen molar-refractivity contribution >= 4 is 34.0 Å². The summed E-state index contributed by atoms with van der Waals surface area (Å²) < 4.78 is 5.75. The first kappa shape index (κ1) is 24.0. The van der Waals surface area contributed by atoms with Crippen molar-refractivity contribution in [2.45, 2.75) is 51.9 Å². The molecule has 1 aliphatic rings. The van der Waals surface area contributed by atoms with Crippen molar-refractivity contribution in [2.24, 2.45) is 0 Å². The topological polar surface area (TPSA) is 71.5 Å². The Morgan fingerprint density at radius 2 is 1.88 bits per heavy atom. The summed E-state index contributed by atoms with van der Waals surface area (Å²) >= 11 is 1.38. The molecule has 6 nitrogen and oxygen atoms in total. The summed E-state index contributed by atoms with van der Waals surface area (Å²) in [4.78, 5) is 31.6. The Hall–Kier alpha value is -3.19. The van der Waals surface area contributed by atoms with Crippen LogP contribution in [0.1, 0.15) is 62.4 Å². The van der Waals surface area contributed by atoms with Gasteiger partial charge >= 0.3 is 0 Å². The fourth-order valence-corrected chi connectivity index (χ4v) is 4.90. The van der Waals surface area contributed by atoms with E-state index in [0.29, 0.717) is 17.3 Å². The van der Waals surface area contributed by atoms with Crippen molar-refractivity contribution in [3.8, 4) is 17.0 Å². The second kappa shape index (κ2) is 9.97. The van der Waals surface area contributed by atoms with Crippen molar-refractivity contribution in [1.82, 2.24) is 4.98 Å². The molecule has 1 N–H and O–H groups in total. The molecule has 0 bridgehead atoms. The van der Waals surface area contributed by atoms with E-state index >= 15 is 0 Å². The minimum absolute atomic E-state index is 0.0822. The molecule has 2 aromatic carbocycles. The Labute approximate surface area is 205 Å². The minimum Gasteiger partial charge on any atom is -0.494 e. The van der Waals surface area contributed by atoms with E-state index in [1.54, 1.807) is 24.1 Å². The third-order valence-electron chi connectivity index (χ3n) is 6.27. The predicted octanol–water partition coefficient (Wildman–Crippen LogP) is 6.28. The van der Waals surface area contributed by atoms with E-state index in [9.17, 15) is 9.59 Å². The van der Waals surface area contributed by atoms with Crippen LogP contribution >= 0.6 is 11.3 Å². The lowest BCUT2D eigenvalue weighted by atomic mass is 9.85. The van der Waals surface area contributed by atoms with E-state index in [-0.39, 0.29) is 11.8 Å². The number of fused-ring (bicyclic) bond motifs is 1. The van der Waals surface area contributed by atoms with Gasteiger partial charge < -0.3 is 9.64 Å². The molecule has 0 saturated heterocycles. The van der Waals surface area contributed by atoms with Gasteiger partial charge in [-0.25, -0.2) is 4.98 Å². The number of thiazole rings is 1.